The predicted octanol–water partition coefficient (Wildman–Crippen LogP) is 4.35. The summed E-state index contributed by atoms with van der Waals surface area (Å²) in [4.78, 5) is 0. The number of halogens is 1. The zero-order chi connectivity index (χ0) is 14.4. The number of rotatable bonds is 5. The Bertz CT molecular complexity index is 406. The Labute approximate surface area is 121 Å². The molecule has 2 rings (SSSR count). The summed E-state index contributed by atoms with van der Waals surface area (Å²) in [6.45, 7) is 2.38. The van der Waals surface area contributed by atoms with Crippen LogP contribution in [0.3, 0.4) is 0 Å². The predicted molar refractivity (Wildman–Crippen MR) is 81.3 cm³/mol. The Hall–Kier alpha value is -1.09. The Morgan fingerprint density at radius 2 is 2.00 bits per heavy atom. The lowest BCUT2D eigenvalue weighted by molar-refractivity contribution is 0.194. The van der Waals surface area contributed by atoms with Gasteiger partial charge in [0.2, 0.25) is 0 Å². The molecule has 2 unspecified atom stereocenters. The van der Waals surface area contributed by atoms with Gasteiger partial charge >= 0.3 is 0 Å². The van der Waals surface area contributed by atoms with Crippen LogP contribution in [0.25, 0.3) is 0 Å². The molecule has 1 aromatic carbocycles. The van der Waals surface area contributed by atoms with Gasteiger partial charge in [0, 0.05) is 5.69 Å². The number of nitrogens with one attached hydrogen (secondary N) is 1. The van der Waals surface area contributed by atoms with E-state index in [9.17, 15) is 9.50 Å². The van der Waals surface area contributed by atoms with Gasteiger partial charge in [0.1, 0.15) is 5.82 Å². The van der Waals surface area contributed by atoms with Crippen LogP contribution in [0.4, 0.5) is 10.1 Å². The highest BCUT2D eigenvalue weighted by Crippen LogP contribution is 2.34. The molecule has 0 heterocycles. The van der Waals surface area contributed by atoms with E-state index in [1.165, 1.54) is 37.8 Å². The van der Waals surface area contributed by atoms with Crippen molar-refractivity contribution in [1.29, 1.82) is 0 Å². The van der Waals surface area contributed by atoms with Gasteiger partial charge in [-0.2, -0.15) is 0 Å². The first-order valence-electron chi connectivity index (χ1n) is 7.82. The molecule has 20 heavy (non-hydrogen) atoms. The molecule has 0 amide bonds. The molecule has 0 aromatic heterocycles. The maximum Gasteiger partial charge on any atom is 0.123 e. The summed E-state index contributed by atoms with van der Waals surface area (Å²) in [5, 5.41) is 13.3. The molecule has 1 saturated carbocycles. The molecule has 2 atom stereocenters. The normalized spacial score (nSPS) is 27.1. The van der Waals surface area contributed by atoms with E-state index in [0.29, 0.717) is 0 Å². The summed E-state index contributed by atoms with van der Waals surface area (Å²) < 4.78 is 13.0. The van der Waals surface area contributed by atoms with Crippen LogP contribution in [0.15, 0.2) is 24.3 Å². The van der Waals surface area contributed by atoms with Crippen LogP contribution < -0.4 is 5.32 Å². The van der Waals surface area contributed by atoms with Crippen molar-refractivity contribution in [3.05, 3.63) is 30.1 Å². The first-order valence-corrected chi connectivity index (χ1v) is 7.82. The van der Waals surface area contributed by atoms with Crippen molar-refractivity contribution in [2.75, 3.05) is 11.9 Å². The summed E-state index contributed by atoms with van der Waals surface area (Å²) in [6.07, 6.45) is 8.09. The third-order valence-corrected chi connectivity index (χ3v) is 4.55. The Morgan fingerprint density at radius 1 is 1.25 bits per heavy atom. The smallest absolute Gasteiger partial charge is 0.123 e. The lowest BCUT2D eigenvalue weighted by atomic mass is 9.89. The largest absolute Gasteiger partial charge is 0.394 e. The van der Waals surface area contributed by atoms with Gasteiger partial charge in [-0.1, -0.05) is 32.6 Å². The van der Waals surface area contributed by atoms with E-state index in [0.717, 1.165) is 30.9 Å². The zero-order valence-corrected chi connectivity index (χ0v) is 12.4. The zero-order valence-electron chi connectivity index (χ0n) is 12.4. The summed E-state index contributed by atoms with van der Waals surface area (Å²) in [5.74, 6) is 0.570. The molecular weight excluding hydrogens is 253 g/mol. The van der Waals surface area contributed by atoms with Gasteiger partial charge in [0.05, 0.1) is 12.1 Å². The van der Waals surface area contributed by atoms with Crippen LogP contribution in [0.2, 0.25) is 0 Å². The quantitative estimate of drug-likeness (QED) is 0.785. The highest BCUT2D eigenvalue weighted by atomic mass is 19.1. The number of hydrogen-bond donors (Lipinski definition) is 2. The van der Waals surface area contributed by atoms with E-state index in [-0.39, 0.29) is 18.0 Å². The highest BCUT2D eigenvalue weighted by Gasteiger charge is 2.32. The van der Waals surface area contributed by atoms with Crippen molar-refractivity contribution in [2.24, 2.45) is 5.92 Å². The van der Waals surface area contributed by atoms with Crippen LogP contribution in [-0.4, -0.2) is 17.3 Å². The molecule has 3 heteroatoms. The van der Waals surface area contributed by atoms with Crippen molar-refractivity contribution in [2.45, 2.75) is 57.4 Å². The number of hydrogen-bond acceptors (Lipinski definition) is 2. The standard InChI is InChI=1S/C17H26FNO/c1-2-4-14-5-3-11-17(13-20,12-10-14)19-16-8-6-15(18)7-9-16/h6-9,14,19-20H,2-5,10-13H2,1H3. The van der Waals surface area contributed by atoms with E-state index in [1.807, 2.05) is 0 Å². The molecule has 1 aromatic rings. The van der Waals surface area contributed by atoms with Crippen LogP contribution in [0.1, 0.15) is 51.9 Å². The van der Waals surface area contributed by atoms with Gasteiger partial charge in [-0.15, -0.1) is 0 Å². The second kappa shape index (κ2) is 7.07. The lowest BCUT2D eigenvalue weighted by Gasteiger charge is -2.33. The molecule has 0 radical (unpaired) electrons. The van der Waals surface area contributed by atoms with Gasteiger partial charge in [-0.3, -0.25) is 0 Å². The van der Waals surface area contributed by atoms with E-state index >= 15 is 0 Å². The summed E-state index contributed by atoms with van der Waals surface area (Å²) >= 11 is 0. The minimum Gasteiger partial charge on any atom is -0.394 e. The van der Waals surface area contributed by atoms with E-state index in [4.69, 9.17) is 0 Å². The monoisotopic (exact) mass is 279 g/mol. The van der Waals surface area contributed by atoms with Gasteiger partial charge in [-0.25, -0.2) is 4.39 Å². The summed E-state index contributed by atoms with van der Waals surface area (Å²) in [6, 6.07) is 6.43. The molecule has 2 N–H and O–H groups in total. The molecular formula is C17H26FNO. The molecule has 0 aliphatic heterocycles. The van der Waals surface area contributed by atoms with Crippen molar-refractivity contribution in [1.82, 2.24) is 0 Å². The lowest BCUT2D eigenvalue weighted by Crippen LogP contribution is -2.41. The van der Waals surface area contributed by atoms with Crippen LogP contribution in [0, 0.1) is 11.7 Å². The maximum absolute atomic E-state index is 13.0. The van der Waals surface area contributed by atoms with Crippen LogP contribution >= 0.6 is 0 Å². The van der Waals surface area contributed by atoms with Crippen molar-refractivity contribution in [3.63, 3.8) is 0 Å². The van der Waals surface area contributed by atoms with Crippen molar-refractivity contribution < 1.29 is 9.50 Å². The molecule has 0 saturated heterocycles. The SMILES string of the molecule is CCCC1CCCC(CO)(Nc2ccc(F)cc2)CC1. The Morgan fingerprint density at radius 3 is 2.65 bits per heavy atom. The third kappa shape index (κ3) is 3.95. The van der Waals surface area contributed by atoms with E-state index in [1.54, 1.807) is 12.1 Å². The minimum atomic E-state index is -0.236. The van der Waals surface area contributed by atoms with Gasteiger partial charge < -0.3 is 10.4 Å². The molecule has 0 bridgehead atoms. The number of aliphatic hydroxyl groups is 1. The second-order valence-electron chi connectivity index (χ2n) is 6.16. The number of benzene rings is 1. The fourth-order valence-corrected chi connectivity index (χ4v) is 3.34. The molecule has 112 valence electrons. The second-order valence-corrected chi connectivity index (χ2v) is 6.16. The molecule has 1 fully saturated rings. The first-order chi connectivity index (χ1) is 9.67. The topological polar surface area (TPSA) is 32.3 Å². The molecule has 1 aliphatic rings. The van der Waals surface area contributed by atoms with Gasteiger partial charge in [0.15, 0.2) is 0 Å². The molecule has 2 nitrogen and oxygen atoms in total. The summed E-state index contributed by atoms with van der Waals surface area (Å²) in [7, 11) is 0. The Kier molecular flexibility index (Phi) is 5.41. The van der Waals surface area contributed by atoms with Gasteiger partial charge in [-0.05, 0) is 49.4 Å². The van der Waals surface area contributed by atoms with Crippen LogP contribution in [-0.2, 0) is 0 Å². The molecule has 0 spiro atoms. The first kappa shape index (κ1) is 15.3. The number of anilines is 1. The third-order valence-electron chi connectivity index (χ3n) is 4.55. The number of aliphatic hydroxyl groups excluding tert-OH is 1. The van der Waals surface area contributed by atoms with Crippen molar-refractivity contribution >= 4 is 5.69 Å². The highest BCUT2D eigenvalue weighted by molar-refractivity contribution is 5.45. The van der Waals surface area contributed by atoms with E-state index in [2.05, 4.69) is 12.2 Å². The average Bonchev–Trinajstić information content (AvgIpc) is 2.66. The molecule has 1 aliphatic carbocycles. The van der Waals surface area contributed by atoms with Crippen molar-refractivity contribution in [3.8, 4) is 0 Å². The Balaban J connectivity index is 2.03. The maximum atomic E-state index is 13.0. The summed E-state index contributed by atoms with van der Waals surface area (Å²) in [5.41, 5.74) is 0.662. The van der Waals surface area contributed by atoms with Gasteiger partial charge in [0.25, 0.3) is 0 Å². The van der Waals surface area contributed by atoms with E-state index < -0.39 is 0 Å². The average molecular weight is 279 g/mol. The minimum absolute atomic E-state index is 0.142. The fourth-order valence-electron chi connectivity index (χ4n) is 3.34. The van der Waals surface area contributed by atoms with Crippen LogP contribution in [0.5, 0.6) is 0 Å². The fraction of sp³-hybridized carbons (Fsp3) is 0.647.